The summed E-state index contributed by atoms with van der Waals surface area (Å²) in [5.74, 6) is 0.517. The largest absolute Gasteiger partial charge is 0.370 e. The number of carbonyl (C=O) groups is 1. The molecular weight excluding hydrogens is 322 g/mol. The number of hydrogen-bond donors (Lipinski definition) is 1. The third-order valence-electron chi connectivity index (χ3n) is 3.88. The Morgan fingerprint density at radius 1 is 1.38 bits per heavy atom. The SMILES string of the molecule is Cc1cccc(-c2nc3c(c(SCC(N)=O)n2)COC(C)(C)C3)c1. The lowest BCUT2D eigenvalue weighted by atomic mass is 9.96. The van der Waals surface area contributed by atoms with Gasteiger partial charge in [0.05, 0.1) is 23.7 Å². The van der Waals surface area contributed by atoms with E-state index in [0.29, 0.717) is 18.9 Å². The Morgan fingerprint density at radius 3 is 2.88 bits per heavy atom. The number of amides is 1. The van der Waals surface area contributed by atoms with E-state index in [1.165, 1.54) is 11.8 Å². The van der Waals surface area contributed by atoms with Gasteiger partial charge in [0.1, 0.15) is 5.03 Å². The Labute approximate surface area is 146 Å². The van der Waals surface area contributed by atoms with Crippen molar-refractivity contribution in [3.8, 4) is 11.4 Å². The third kappa shape index (κ3) is 3.76. The summed E-state index contributed by atoms with van der Waals surface area (Å²) in [4.78, 5) is 20.6. The Balaban J connectivity index is 2.07. The Bertz CT molecular complexity index is 790. The minimum absolute atomic E-state index is 0.195. The molecule has 0 fully saturated rings. The number of aryl methyl sites for hydroxylation is 1. The van der Waals surface area contributed by atoms with Crippen molar-refractivity contribution < 1.29 is 9.53 Å². The van der Waals surface area contributed by atoms with Crippen LogP contribution in [-0.4, -0.2) is 27.2 Å². The fourth-order valence-electron chi connectivity index (χ4n) is 2.69. The molecular formula is C18H21N3O2S. The summed E-state index contributed by atoms with van der Waals surface area (Å²) >= 11 is 1.35. The van der Waals surface area contributed by atoms with Crippen molar-refractivity contribution in [1.29, 1.82) is 0 Å². The van der Waals surface area contributed by atoms with Gasteiger partial charge >= 0.3 is 0 Å². The predicted molar refractivity (Wildman–Crippen MR) is 94.7 cm³/mol. The first-order valence-corrected chi connectivity index (χ1v) is 8.84. The van der Waals surface area contributed by atoms with Crippen LogP contribution in [0.5, 0.6) is 0 Å². The number of fused-ring (bicyclic) bond motifs is 1. The van der Waals surface area contributed by atoms with Crippen LogP contribution in [-0.2, 0) is 22.6 Å². The molecule has 1 amide bonds. The number of thioether (sulfide) groups is 1. The maximum Gasteiger partial charge on any atom is 0.227 e. The highest BCUT2D eigenvalue weighted by Gasteiger charge is 2.30. The fourth-order valence-corrected chi connectivity index (χ4v) is 3.47. The number of benzene rings is 1. The maximum absolute atomic E-state index is 11.2. The number of carbonyl (C=O) groups excluding carboxylic acids is 1. The molecule has 24 heavy (non-hydrogen) atoms. The highest BCUT2D eigenvalue weighted by Crippen LogP contribution is 2.34. The van der Waals surface area contributed by atoms with Gasteiger partial charge in [-0.05, 0) is 26.8 Å². The Morgan fingerprint density at radius 2 is 2.17 bits per heavy atom. The molecule has 2 aromatic rings. The van der Waals surface area contributed by atoms with Crippen molar-refractivity contribution in [2.75, 3.05) is 5.75 Å². The van der Waals surface area contributed by atoms with Crippen LogP contribution in [0.4, 0.5) is 0 Å². The van der Waals surface area contributed by atoms with Crippen molar-refractivity contribution in [2.45, 2.75) is 44.4 Å². The van der Waals surface area contributed by atoms with E-state index in [-0.39, 0.29) is 17.3 Å². The average molecular weight is 343 g/mol. The van der Waals surface area contributed by atoms with Crippen molar-refractivity contribution in [1.82, 2.24) is 9.97 Å². The summed E-state index contributed by atoms with van der Waals surface area (Å²) in [6.07, 6.45) is 0.716. The number of hydrogen-bond acceptors (Lipinski definition) is 5. The van der Waals surface area contributed by atoms with Gasteiger partial charge in [0.15, 0.2) is 5.82 Å². The van der Waals surface area contributed by atoms with Gasteiger partial charge in [-0.2, -0.15) is 0 Å². The van der Waals surface area contributed by atoms with Crippen LogP contribution in [0.3, 0.4) is 0 Å². The lowest BCUT2D eigenvalue weighted by molar-refractivity contribution is -0.115. The molecule has 6 heteroatoms. The Kier molecular flexibility index (Phi) is 4.60. The molecule has 2 heterocycles. The van der Waals surface area contributed by atoms with E-state index in [0.717, 1.165) is 27.4 Å². The quantitative estimate of drug-likeness (QED) is 0.682. The summed E-state index contributed by atoms with van der Waals surface area (Å²) < 4.78 is 5.89. The number of nitrogens with two attached hydrogens (primary N) is 1. The van der Waals surface area contributed by atoms with Crippen LogP contribution < -0.4 is 5.73 Å². The second kappa shape index (κ2) is 6.53. The number of primary amides is 1. The molecule has 1 aliphatic heterocycles. The maximum atomic E-state index is 11.2. The van der Waals surface area contributed by atoms with Crippen molar-refractivity contribution in [3.05, 3.63) is 41.1 Å². The topological polar surface area (TPSA) is 78.1 Å². The highest BCUT2D eigenvalue weighted by molar-refractivity contribution is 7.99. The first kappa shape index (κ1) is 16.9. The van der Waals surface area contributed by atoms with Crippen LogP contribution >= 0.6 is 11.8 Å². The van der Waals surface area contributed by atoms with E-state index in [1.807, 2.05) is 25.1 Å². The zero-order valence-electron chi connectivity index (χ0n) is 14.1. The van der Waals surface area contributed by atoms with E-state index in [2.05, 4.69) is 24.9 Å². The van der Waals surface area contributed by atoms with Gasteiger partial charge in [0, 0.05) is 17.5 Å². The highest BCUT2D eigenvalue weighted by atomic mass is 32.2. The molecule has 0 radical (unpaired) electrons. The smallest absolute Gasteiger partial charge is 0.227 e. The first-order chi connectivity index (χ1) is 11.3. The van der Waals surface area contributed by atoms with E-state index in [1.54, 1.807) is 0 Å². The summed E-state index contributed by atoms with van der Waals surface area (Å²) in [5, 5.41) is 0.783. The van der Waals surface area contributed by atoms with Crippen LogP contribution in [0.15, 0.2) is 29.3 Å². The van der Waals surface area contributed by atoms with Gasteiger partial charge < -0.3 is 10.5 Å². The van der Waals surface area contributed by atoms with E-state index >= 15 is 0 Å². The normalized spacial score (nSPS) is 15.8. The van der Waals surface area contributed by atoms with Crippen molar-refractivity contribution in [2.24, 2.45) is 5.73 Å². The van der Waals surface area contributed by atoms with E-state index in [9.17, 15) is 4.79 Å². The van der Waals surface area contributed by atoms with Gasteiger partial charge in [0.25, 0.3) is 0 Å². The van der Waals surface area contributed by atoms with E-state index in [4.69, 9.17) is 15.5 Å². The molecule has 3 rings (SSSR count). The molecule has 0 spiro atoms. The molecule has 0 atom stereocenters. The molecule has 1 aliphatic rings. The molecule has 5 nitrogen and oxygen atoms in total. The molecule has 1 aromatic carbocycles. The monoisotopic (exact) mass is 343 g/mol. The molecule has 1 aromatic heterocycles. The standard InChI is InChI=1S/C18H21N3O2S/c1-11-5-4-6-12(7-11)16-20-14-8-18(2,3)23-9-13(14)17(21-16)24-10-15(19)22/h4-7H,8-10H2,1-3H3,(H2,19,22). The van der Waals surface area contributed by atoms with E-state index < -0.39 is 0 Å². The zero-order chi connectivity index (χ0) is 17.3. The molecule has 126 valence electrons. The van der Waals surface area contributed by atoms with Crippen molar-refractivity contribution in [3.63, 3.8) is 0 Å². The van der Waals surface area contributed by atoms with Crippen LogP contribution in [0.2, 0.25) is 0 Å². The molecule has 0 bridgehead atoms. The second-order valence-corrected chi connectivity index (χ2v) is 7.59. The van der Waals surface area contributed by atoms with Gasteiger partial charge in [-0.1, -0.05) is 35.5 Å². The third-order valence-corrected chi connectivity index (χ3v) is 4.92. The molecule has 0 aliphatic carbocycles. The Hall–Kier alpha value is -1.92. The van der Waals surface area contributed by atoms with Crippen molar-refractivity contribution >= 4 is 17.7 Å². The van der Waals surface area contributed by atoms with Gasteiger partial charge in [0.2, 0.25) is 5.91 Å². The minimum Gasteiger partial charge on any atom is -0.370 e. The number of ether oxygens (including phenoxy) is 1. The van der Waals surface area contributed by atoms with Gasteiger partial charge in [-0.15, -0.1) is 0 Å². The summed E-state index contributed by atoms with van der Waals surface area (Å²) in [5.41, 5.74) is 9.13. The fraction of sp³-hybridized carbons (Fsp3) is 0.389. The number of rotatable bonds is 4. The predicted octanol–water partition coefficient (Wildman–Crippen LogP) is 2.88. The van der Waals surface area contributed by atoms with Crippen LogP contribution in [0.25, 0.3) is 11.4 Å². The second-order valence-electron chi connectivity index (χ2n) is 6.63. The lowest BCUT2D eigenvalue weighted by Gasteiger charge is -2.32. The molecule has 0 saturated heterocycles. The van der Waals surface area contributed by atoms with Crippen LogP contribution in [0, 0.1) is 6.92 Å². The van der Waals surface area contributed by atoms with Crippen LogP contribution in [0.1, 0.15) is 30.7 Å². The summed E-state index contributed by atoms with van der Waals surface area (Å²) in [6.45, 7) is 6.61. The molecule has 2 N–H and O–H groups in total. The van der Waals surface area contributed by atoms with Gasteiger partial charge in [-0.25, -0.2) is 9.97 Å². The summed E-state index contributed by atoms with van der Waals surface area (Å²) in [6, 6.07) is 8.11. The molecule has 0 unspecified atom stereocenters. The zero-order valence-corrected chi connectivity index (χ0v) is 14.9. The number of nitrogens with zero attached hydrogens (tertiary/aromatic N) is 2. The van der Waals surface area contributed by atoms with Gasteiger partial charge in [-0.3, -0.25) is 4.79 Å². The summed E-state index contributed by atoms with van der Waals surface area (Å²) in [7, 11) is 0. The average Bonchev–Trinajstić information content (AvgIpc) is 2.51. The molecule has 0 saturated carbocycles. The lowest BCUT2D eigenvalue weighted by Crippen LogP contribution is -2.33. The first-order valence-electron chi connectivity index (χ1n) is 7.86. The minimum atomic E-state index is -0.360. The number of aromatic nitrogens is 2.